The van der Waals surface area contributed by atoms with Crippen molar-refractivity contribution in [2.75, 3.05) is 40.8 Å². The van der Waals surface area contributed by atoms with Crippen LogP contribution in [-0.2, 0) is 6.54 Å². The molecule has 0 radical (unpaired) electrons. The lowest BCUT2D eigenvalue weighted by molar-refractivity contribution is 0.0827. The van der Waals surface area contributed by atoms with Crippen LogP contribution >= 0.6 is 24.0 Å². The summed E-state index contributed by atoms with van der Waals surface area (Å²) in [5.41, 5.74) is 1.83. The van der Waals surface area contributed by atoms with E-state index < -0.39 is 0 Å². The third kappa shape index (κ3) is 8.50. The zero-order chi connectivity index (χ0) is 20.4. The molecule has 1 aliphatic heterocycles. The molecule has 1 aliphatic rings. The third-order valence-electron chi connectivity index (χ3n) is 5.34. The smallest absolute Gasteiger partial charge is 0.253 e. The van der Waals surface area contributed by atoms with Gasteiger partial charge in [0.1, 0.15) is 0 Å². The molecule has 1 aromatic rings. The van der Waals surface area contributed by atoms with E-state index in [1.807, 2.05) is 31.3 Å². The molecule has 0 bridgehead atoms. The average molecular weight is 515 g/mol. The van der Waals surface area contributed by atoms with Crippen LogP contribution in [0.3, 0.4) is 0 Å². The van der Waals surface area contributed by atoms with Crippen molar-refractivity contribution in [3.63, 3.8) is 0 Å². The van der Waals surface area contributed by atoms with Crippen LogP contribution in [0.4, 0.5) is 0 Å². The van der Waals surface area contributed by atoms with Crippen LogP contribution in [0.2, 0.25) is 0 Å². The number of halogens is 1. The number of nitrogens with zero attached hydrogens (tertiary/aromatic N) is 3. The summed E-state index contributed by atoms with van der Waals surface area (Å²) in [6.45, 7) is 6.29. The van der Waals surface area contributed by atoms with Crippen LogP contribution in [0.15, 0.2) is 29.3 Å². The first-order valence-electron chi connectivity index (χ1n) is 10.5. The highest BCUT2D eigenvalue weighted by Crippen LogP contribution is 2.17. The second-order valence-corrected chi connectivity index (χ2v) is 7.74. The minimum atomic E-state index is 0. The maximum absolute atomic E-state index is 12.0. The lowest BCUT2D eigenvalue weighted by Crippen LogP contribution is -2.49. The predicted molar refractivity (Wildman–Crippen MR) is 132 cm³/mol. The van der Waals surface area contributed by atoms with Gasteiger partial charge in [0.15, 0.2) is 5.96 Å². The summed E-state index contributed by atoms with van der Waals surface area (Å²) in [6, 6.07) is 8.33. The number of carbonyl (C=O) groups is 1. The molecular formula is C22H38IN5O. The molecule has 2 rings (SSSR count). The topological polar surface area (TPSA) is 60.0 Å². The predicted octanol–water partition coefficient (Wildman–Crippen LogP) is 3.33. The first-order chi connectivity index (χ1) is 13.5. The van der Waals surface area contributed by atoms with E-state index >= 15 is 0 Å². The quantitative estimate of drug-likeness (QED) is 0.317. The van der Waals surface area contributed by atoms with Crippen molar-refractivity contribution in [1.82, 2.24) is 20.4 Å². The molecule has 1 saturated heterocycles. The van der Waals surface area contributed by atoms with Gasteiger partial charge in [-0.25, -0.2) is 0 Å². The Morgan fingerprint density at radius 1 is 1.21 bits per heavy atom. The summed E-state index contributed by atoms with van der Waals surface area (Å²) in [5.74, 6) is 0.853. The number of benzene rings is 1. The molecule has 1 aromatic carbocycles. The lowest BCUT2D eigenvalue weighted by atomic mass is 10.0. The van der Waals surface area contributed by atoms with Crippen LogP contribution < -0.4 is 10.6 Å². The van der Waals surface area contributed by atoms with Crippen LogP contribution in [-0.4, -0.2) is 68.5 Å². The number of rotatable bonds is 8. The number of amides is 1. The number of aliphatic imine (C=N–C) groups is 1. The fraction of sp³-hybridized carbons (Fsp3) is 0.636. The normalized spacial score (nSPS) is 17.4. The van der Waals surface area contributed by atoms with Crippen molar-refractivity contribution in [2.24, 2.45) is 4.99 Å². The number of carbonyl (C=O) groups excluding carboxylic acids is 1. The number of nitrogens with one attached hydrogen (secondary N) is 2. The van der Waals surface area contributed by atoms with Gasteiger partial charge in [-0.05, 0) is 50.0 Å². The van der Waals surface area contributed by atoms with E-state index in [-0.39, 0.29) is 29.9 Å². The fourth-order valence-electron chi connectivity index (χ4n) is 3.59. The highest BCUT2D eigenvalue weighted by molar-refractivity contribution is 14.0. The molecule has 7 heteroatoms. The number of hydrogen-bond donors (Lipinski definition) is 2. The first kappa shape index (κ1) is 25.7. The SMILES string of the molecule is CCCCN1CCCCC1CNC(=NC)NCc1ccc(C(=O)N(C)C)cc1.I. The van der Waals surface area contributed by atoms with Crippen molar-refractivity contribution in [3.8, 4) is 0 Å². The van der Waals surface area contributed by atoms with Gasteiger partial charge in [-0.15, -0.1) is 24.0 Å². The van der Waals surface area contributed by atoms with Gasteiger partial charge >= 0.3 is 0 Å². The second kappa shape index (κ2) is 13.8. The van der Waals surface area contributed by atoms with Crippen molar-refractivity contribution in [1.29, 1.82) is 0 Å². The van der Waals surface area contributed by atoms with E-state index in [1.165, 1.54) is 45.2 Å². The van der Waals surface area contributed by atoms with Gasteiger partial charge in [0.05, 0.1) is 0 Å². The monoisotopic (exact) mass is 515 g/mol. The van der Waals surface area contributed by atoms with Gasteiger partial charge in [0.25, 0.3) is 5.91 Å². The third-order valence-corrected chi connectivity index (χ3v) is 5.34. The highest BCUT2D eigenvalue weighted by atomic mass is 127. The molecule has 1 fully saturated rings. The summed E-state index contributed by atoms with van der Waals surface area (Å²) >= 11 is 0. The minimum Gasteiger partial charge on any atom is -0.355 e. The molecule has 1 atom stereocenters. The Morgan fingerprint density at radius 3 is 2.55 bits per heavy atom. The molecule has 29 heavy (non-hydrogen) atoms. The van der Waals surface area contributed by atoms with E-state index in [9.17, 15) is 4.79 Å². The van der Waals surface area contributed by atoms with Gasteiger partial charge in [-0.3, -0.25) is 14.7 Å². The van der Waals surface area contributed by atoms with Gasteiger partial charge in [-0.1, -0.05) is 31.9 Å². The Kier molecular flexibility index (Phi) is 12.2. The largest absolute Gasteiger partial charge is 0.355 e. The summed E-state index contributed by atoms with van der Waals surface area (Å²) in [5, 5.41) is 6.88. The Balaban J connectivity index is 0.00000420. The van der Waals surface area contributed by atoms with Crippen LogP contribution in [0, 0.1) is 0 Å². The standard InChI is InChI=1S/C22H37N5O.HI/c1-5-6-14-27-15-8-7-9-20(27)17-25-22(23-2)24-16-18-10-12-19(13-11-18)21(28)26(3)4;/h10-13,20H,5-9,14-17H2,1-4H3,(H2,23,24,25);1H. The van der Waals surface area contributed by atoms with Crippen molar-refractivity contribution in [3.05, 3.63) is 35.4 Å². The number of likely N-dealkylation sites (tertiary alicyclic amines) is 1. The van der Waals surface area contributed by atoms with Crippen molar-refractivity contribution < 1.29 is 4.79 Å². The summed E-state index contributed by atoms with van der Waals surface area (Å²) in [7, 11) is 5.34. The van der Waals surface area contributed by atoms with E-state index in [0.29, 0.717) is 18.2 Å². The number of guanidine groups is 1. The molecule has 2 N–H and O–H groups in total. The van der Waals surface area contributed by atoms with Crippen molar-refractivity contribution >= 4 is 35.8 Å². The van der Waals surface area contributed by atoms with E-state index in [4.69, 9.17) is 0 Å². The molecular weight excluding hydrogens is 477 g/mol. The van der Waals surface area contributed by atoms with Gasteiger partial charge in [-0.2, -0.15) is 0 Å². The Hall–Kier alpha value is -1.35. The zero-order valence-electron chi connectivity index (χ0n) is 18.4. The molecule has 0 saturated carbocycles. The lowest BCUT2D eigenvalue weighted by Gasteiger charge is -2.36. The maximum Gasteiger partial charge on any atom is 0.253 e. The van der Waals surface area contributed by atoms with E-state index in [1.54, 1.807) is 19.0 Å². The minimum absolute atomic E-state index is 0. The van der Waals surface area contributed by atoms with Crippen LogP contribution in [0.5, 0.6) is 0 Å². The number of hydrogen-bond acceptors (Lipinski definition) is 3. The Morgan fingerprint density at radius 2 is 1.93 bits per heavy atom. The summed E-state index contributed by atoms with van der Waals surface area (Å²) < 4.78 is 0. The van der Waals surface area contributed by atoms with Gasteiger partial charge in [0.2, 0.25) is 0 Å². The van der Waals surface area contributed by atoms with E-state index in [2.05, 4.69) is 27.4 Å². The Bertz CT molecular complexity index is 633. The molecule has 1 heterocycles. The maximum atomic E-state index is 12.0. The van der Waals surface area contributed by atoms with Crippen molar-refractivity contribution in [2.45, 2.75) is 51.6 Å². The molecule has 1 amide bonds. The fourth-order valence-corrected chi connectivity index (χ4v) is 3.59. The van der Waals surface area contributed by atoms with E-state index in [0.717, 1.165) is 18.1 Å². The molecule has 0 aliphatic carbocycles. The second-order valence-electron chi connectivity index (χ2n) is 7.74. The van der Waals surface area contributed by atoms with Gasteiger partial charge in [0, 0.05) is 45.8 Å². The molecule has 0 spiro atoms. The molecule has 164 valence electrons. The highest BCUT2D eigenvalue weighted by Gasteiger charge is 2.21. The molecule has 1 unspecified atom stereocenters. The Labute approximate surface area is 193 Å². The summed E-state index contributed by atoms with van der Waals surface area (Å²) in [4.78, 5) is 20.6. The molecule has 0 aromatic heterocycles. The summed E-state index contributed by atoms with van der Waals surface area (Å²) in [6.07, 6.45) is 6.42. The first-order valence-corrected chi connectivity index (χ1v) is 10.5. The number of unbranched alkanes of at least 4 members (excludes halogenated alkanes) is 1. The number of piperidine rings is 1. The van der Waals surface area contributed by atoms with Crippen LogP contribution in [0.1, 0.15) is 54.9 Å². The zero-order valence-corrected chi connectivity index (χ0v) is 20.7. The molecule has 6 nitrogen and oxygen atoms in total. The van der Waals surface area contributed by atoms with Gasteiger partial charge < -0.3 is 15.5 Å². The van der Waals surface area contributed by atoms with Crippen LogP contribution in [0.25, 0.3) is 0 Å². The average Bonchev–Trinajstić information content (AvgIpc) is 2.72.